The number of anilines is 2. The SMILES string of the molecule is Nc1cc(C2=CC3OCCOC3C=C2)cc(N)n1. The zero-order valence-corrected chi connectivity index (χ0v) is 9.87. The lowest BCUT2D eigenvalue weighted by molar-refractivity contribution is -0.101. The van der Waals surface area contributed by atoms with Gasteiger partial charge in [0.15, 0.2) is 0 Å². The minimum absolute atomic E-state index is 0.0130. The monoisotopic (exact) mass is 245 g/mol. The minimum Gasteiger partial charge on any atom is -0.384 e. The van der Waals surface area contributed by atoms with Gasteiger partial charge in [0.05, 0.1) is 13.2 Å². The molecule has 2 atom stereocenters. The van der Waals surface area contributed by atoms with Crippen molar-refractivity contribution in [3.8, 4) is 0 Å². The van der Waals surface area contributed by atoms with Crippen molar-refractivity contribution in [2.45, 2.75) is 12.2 Å². The molecule has 0 spiro atoms. The first-order valence-electron chi connectivity index (χ1n) is 5.89. The Morgan fingerprint density at radius 2 is 1.72 bits per heavy atom. The summed E-state index contributed by atoms with van der Waals surface area (Å²) in [5, 5.41) is 0. The lowest BCUT2D eigenvalue weighted by Crippen LogP contribution is -2.37. The first-order chi connectivity index (χ1) is 8.72. The summed E-state index contributed by atoms with van der Waals surface area (Å²) in [7, 11) is 0. The summed E-state index contributed by atoms with van der Waals surface area (Å²) in [6.07, 6.45) is 6.03. The molecule has 0 amide bonds. The zero-order chi connectivity index (χ0) is 12.5. The average Bonchev–Trinajstić information content (AvgIpc) is 2.37. The molecule has 2 unspecified atom stereocenters. The van der Waals surface area contributed by atoms with E-state index in [4.69, 9.17) is 20.9 Å². The second-order valence-corrected chi connectivity index (χ2v) is 4.36. The smallest absolute Gasteiger partial charge is 0.126 e. The average molecular weight is 245 g/mol. The Hall–Kier alpha value is -1.85. The van der Waals surface area contributed by atoms with Crippen molar-refractivity contribution in [1.82, 2.24) is 4.98 Å². The quantitative estimate of drug-likeness (QED) is 0.770. The van der Waals surface area contributed by atoms with Gasteiger partial charge < -0.3 is 20.9 Å². The Kier molecular flexibility index (Phi) is 2.77. The molecular formula is C13H15N3O2. The maximum atomic E-state index is 5.70. The number of allylic oxidation sites excluding steroid dienone is 2. The van der Waals surface area contributed by atoms with Crippen LogP contribution >= 0.6 is 0 Å². The molecule has 5 heteroatoms. The topological polar surface area (TPSA) is 83.4 Å². The van der Waals surface area contributed by atoms with E-state index in [-0.39, 0.29) is 12.2 Å². The van der Waals surface area contributed by atoms with E-state index in [9.17, 15) is 0 Å². The summed E-state index contributed by atoms with van der Waals surface area (Å²) in [6, 6.07) is 3.60. The van der Waals surface area contributed by atoms with Crippen molar-refractivity contribution in [2.75, 3.05) is 24.7 Å². The molecule has 18 heavy (non-hydrogen) atoms. The van der Waals surface area contributed by atoms with Crippen molar-refractivity contribution >= 4 is 17.2 Å². The van der Waals surface area contributed by atoms with Crippen molar-refractivity contribution in [3.05, 3.63) is 35.9 Å². The Morgan fingerprint density at radius 1 is 1.06 bits per heavy atom. The van der Waals surface area contributed by atoms with Crippen LogP contribution in [0.15, 0.2) is 30.4 Å². The van der Waals surface area contributed by atoms with E-state index < -0.39 is 0 Å². The first-order valence-corrected chi connectivity index (χ1v) is 5.89. The lowest BCUT2D eigenvalue weighted by atomic mass is 9.96. The highest BCUT2D eigenvalue weighted by Gasteiger charge is 2.26. The lowest BCUT2D eigenvalue weighted by Gasteiger charge is -2.30. The fraction of sp³-hybridized carbons (Fsp3) is 0.308. The normalized spacial score (nSPS) is 26.6. The van der Waals surface area contributed by atoms with Gasteiger partial charge in [0.25, 0.3) is 0 Å². The molecule has 5 nitrogen and oxygen atoms in total. The number of nitrogen functional groups attached to an aromatic ring is 2. The molecule has 4 N–H and O–H groups in total. The molecule has 0 bridgehead atoms. The van der Waals surface area contributed by atoms with Crippen molar-refractivity contribution < 1.29 is 9.47 Å². The number of ether oxygens (including phenoxy) is 2. The second kappa shape index (κ2) is 4.44. The minimum atomic E-state index is -0.0330. The Bertz CT molecular complexity index is 505. The zero-order valence-electron chi connectivity index (χ0n) is 9.87. The van der Waals surface area contributed by atoms with Crippen molar-refractivity contribution in [2.24, 2.45) is 0 Å². The van der Waals surface area contributed by atoms with Crippen molar-refractivity contribution in [1.29, 1.82) is 0 Å². The molecule has 3 rings (SSSR count). The molecule has 1 aromatic heterocycles. The Balaban J connectivity index is 1.92. The highest BCUT2D eigenvalue weighted by molar-refractivity contribution is 5.78. The summed E-state index contributed by atoms with van der Waals surface area (Å²) < 4.78 is 11.3. The van der Waals surface area contributed by atoms with E-state index in [1.54, 1.807) is 12.1 Å². The van der Waals surface area contributed by atoms with Gasteiger partial charge in [-0.05, 0) is 29.3 Å². The molecule has 0 radical (unpaired) electrons. The van der Waals surface area contributed by atoms with Gasteiger partial charge in [-0.3, -0.25) is 0 Å². The second-order valence-electron chi connectivity index (χ2n) is 4.36. The van der Waals surface area contributed by atoms with E-state index in [2.05, 4.69) is 4.98 Å². The number of fused-ring (bicyclic) bond motifs is 1. The molecule has 2 heterocycles. The predicted molar refractivity (Wildman–Crippen MR) is 69.7 cm³/mol. The summed E-state index contributed by atoms with van der Waals surface area (Å²) in [5.41, 5.74) is 13.4. The van der Waals surface area contributed by atoms with Gasteiger partial charge in [0, 0.05) is 0 Å². The fourth-order valence-corrected chi connectivity index (χ4v) is 2.23. The molecule has 1 fully saturated rings. The fourth-order valence-electron chi connectivity index (χ4n) is 2.23. The molecule has 1 saturated heterocycles. The summed E-state index contributed by atoms with van der Waals surface area (Å²) in [5.74, 6) is 0.837. The highest BCUT2D eigenvalue weighted by Crippen LogP contribution is 2.27. The van der Waals surface area contributed by atoms with Crippen LogP contribution in [0.4, 0.5) is 11.6 Å². The molecule has 0 aromatic carbocycles. The molecule has 0 saturated carbocycles. The van der Waals surface area contributed by atoms with Crippen LogP contribution in [0.2, 0.25) is 0 Å². The third-order valence-electron chi connectivity index (χ3n) is 3.04. The van der Waals surface area contributed by atoms with Crippen LogP contribution in [0.5, 0.6) is 0 Å². The van der Waals surface area contributed by atoms with E-state index in [0.29, 0.717) is 24.8 Å². The van der Waals surface area contributed by atoms with Crippen LogP contribution in [-0.2, 0) is 9.47 Å². The van der Waals surface area contributed by atoms with Crippen LogP contribution in [-0.4, -0.2) is 30.4 Å². The van der Waals surface area contributed by atoms with E-state index in [1.807, 2.05) is 18.2 Å². The van der Waals surface area contributed by atoms with Gasteiger partial charge in [-0.2, -0.15) is 0 Å². The van der Waals surface area contributed by atoms with Crippen LogP contribution in [0, 0.1) is 0 Å². The van der Waals surface area contributed by atoms with Gasteiger partial charge in [-0.25, -0.2) is 4.98 Å². The number of hydrogen-bond donors (Lipinski definition) is 2. The number of hydrogen-bond acceptors (Lipinski definition) is 5. The summed E-state index contributed by atoms with van der Waals surface area (Å²) >= 11 is 0. The molecule has 1 aromatic rings. The van der Waals surface area contributed by atoms with Gasteiger partial charge in [-0.15, -0.1) is 0 Å². The van der Waals surface area contributed by atoms with Crippen LogP contribution in [0.3, 0.4) is 0 Å². The Labute approximate surface area is 105 Å². The van der Waals surface area contributed by atoms with Gasteiger partial charge in [0.2, 0.25) is 0 Å². The molecular weight excluding hydrogens is 230 g/mol. The van der Waals surface area contributed by atoms with Gasteiger partial charge in [0.1, 0.15) is 23.8 Å². The number of pyridine rings is 1. The number of rotatable bonds is 1. The molecule has 1 aliphatic heterocycles. The molecule has 1 aliphatic carbocycles. The van der Waals surface area contributed by atoms with Crippen molar-refractivity contribution in [3.63, 3.8) is 0 Å². The maximum absolute atomic E-state index is 5.70. The van der Waals surface area contributed by atoms with E-state index in [1.165, 1.54) is 0 Å². The van der Waals surface area contributed by atoms with Gasteiger partial charge >= 0.3 is 0 Å². The third kappa shape index (κ3) is 2.10. The van der Waals surface area contributed by atoms with E-state index in [0.717, 1.165) is 11.1 Å². The number of aromatic nitrogens is 1. The summed E-state index contributed by atoms with van der Waals surface area (Å²) in [6.45, 7) is 1.27. The third-order valence-corrected chi connectivity index (χ3v) is 3.04. The van der Waals surface area contributed by atoms with E-state index >= 15 is 0 Å². The largest absolute Gasteiger partial charge is 0.384 e. The maximum Gasteiger partial charge on any atom is 0.126 e. The Morgan fingerprint density at radius 3 is 2.44 bits per heavy atom. The van der Waals surface area contributed by atoms with Gasteiger partial charge in [-0.1, -0.05) is 12.2 Å². The number of nitrogens with two attached hydrogens (primary N) is 2. The number of nitrogens with zero attached hydrogens (tertiary/aromatic N) is 1. The summed E-state index contributed by atoms with van der Waals surface area (Å²) in [4.78, 5) is 3.96. The van der Waals surface area contributed by atoms with Crippen LogP contribution < -0.4 is 11.5 Å². The van der Waals surface area contributed by atoms with Crippen LogP contribution in [0.1, 0.15) is 5.56 Å². The molecule has 2 aliphatic rings. The standard InChI is InChI=1S/C13H15N3O2/c14-12-6-9(7-13(15)16-12)8-1-2-10-11(5-8)18-4-3-17-10/h1-2,5-7,10-11H,3-4H2,(H4,14,15,16). The first kappa shape index (κ1) is 11.3. The van der Waals surface area contributed by atoms with Crippen LogP contribution in [0.25, 0.3) is 5.57 Å². The molecule has 94 valence electrons. The predicted octanol–water partition coefficient (Wildman–Crippen LogP) is 0.983. The highest BCUT2D eigenvalue weighted by atomic mass is 16.6.